The summed E-state index contributed by atoms with van der Waals surface area (Å²) in [5.74, 6) is -0.841. The third kappa shape index (κ3) is 4.46. The Hall–Kier alpha value is -3.36. The second-order valence-corrected chi connectivity index (χ2v) is 8.45. The first-order chi connectivity index (χ1) is 15.4. The molecule has 1 aromatic heterocycles. The van der Waals surface area contributed by atoms with Crippen LogP contribution in [0.4, 0.5) is 5.69 Å². The van der Waals surface area contributed by atoms with Gasteiger partial charge in [-0.1, -0.05) is 0 Å². The molecule has 4 rings (SSSR count). The minimum Gasteiger partial charge on any atom is -0.338 e. The molecule has 0 spiro atoms. The van der Waals surface area contributed by atoms with Crippen molar-refractivity contribution in [2.75, 3.05) is 24.3 Å². The van der Waals surface area contributed by atoms with Crippen molar-refractivity contribution in [3.05, 3.63) is 35.5 Å². The van der Waals surface area contributed by atoms with E-state index in [1.165, 1.54) is 4.90 Å². The zero-order valence-corrected chi connectivity index (χ0v) is 18.2. The second-order valence-electron chi connectivity index (χ2n) is 7.90. The Morgan fingerprint density at radius 2 is 2.12 bits per heavy atom. The van der Waals surface area contributed by atoms with Gasteiger partial charge < -0.3 is 20.1 Å². The number of amides is 3. The summed E-state index contributed by atoms with van der Waals surface area (Å²) < 4.78 is 10.4. The molecule has 1 atom stereocenters. The molecule has 2 heterocycles. The molecule has 10 nitrogen and oxygen atoms in total. The fourth-order valence-corrected chi connectivity index (χ4v) is 3.83. The van der Waals surface area contributed by atoms with Crippen LogP contribution in [0.1, 0.15) is 41.9 Å². The van der Waals surface area contributed by atoms with Crippen LogP contribution in [0, 0.1) is 17.2 Å². The van der Waals surface area contributed by atoms with Crippen LogP contribution in [0.2, 0.25) is 0 Å². The van der Waals surface area contributed by atoms with Gasteiger partial charge in [0.05, 0.1) is 41.5 Å². The number of anilines is 1. The summed E-state index contributed by atoms with van der Waals surface area (Å²) in [4.78, 5) is 38.5. The minimum absolute atomic E-state index is 0.00149. The Labute approximate surface area is 188 Å². The molecule has 2 aliphatic rings. The van der Waals surface area contributed by atoms with Gasteiger partial charge in [0.2, 0.25) is 11.8 Å². The highest BCUT2D eigenvalue weighted by Gasteiger charge is 2.33. The van der Waals surface area contributed by atoms with Gasteiger partial charge >= 0.3 is 0 Å². The van der Waals surface area contributed by atoms with E-state index < -0.39 is 0 Å². The van der Waals surface area contributed by atoms with Gasteiger partial charge in [0.25, 0.3) is 5.91 Å². The molecule has 0 saturated heterocycles. The first-order valence-corrected chi connectivity index (χ1v) is 11.1. The van der Waals surface area contributed by atoms with Crippen LogP contribution in [0.15, 0.2) is 24.3 Å². The summed E-state index contributed by atoms with van der Waals surface area (Å²) in [6, 6.07) is 8.57. The smallest absolute Gasteiger partial charge is 0.273 e. The van der Waals surface area contributed by atoms with Crippen molar-refractivity contribution in [3.8, 4) is 17.3 Å². The number of hydrogen-bond donors (Lipinski definition) is 3. The first-order valence-electron chi connectivity index (χ1n) is 10.2. The Morgan fingerprint density at radius 1 is 1.34 bits per heavy atom. The summed E-state index contributed by atoms with van der Waals surface area (Å²) >= 11 is 0.421. The molecule has 1 saturated carbocycles. The maximum atomic E-state index is 13.0. The number of nitrogens with zero attached hydrogens (tertiary/aromatic N) is 4. The highest BCUT2D eigenvalue weighted by molar-refractivity contribution is 7.94. The Balaban J connectivity index is 1.61. The second kappa shape index (κ2) is 9.02. The van der Waals surface area contributed by atoms with E-state index in [0.717, 1.165) is 12.8 Å². The zero-order valence-electron chi connectivity index (χ0n) is 17.4. The van der Waals surface area contributed by atoms with Crippen molar-refractivity contribution >= 4 is 35.5 Å². The maximum absolute atomic E-state index is 13.0. The normalized spacial score (nSPS) is 17.5. The summed E-state index contributed by atoms with van der Waals surface area (Å²) in [7, 11) is 0. The Morgan fingerprint density at radius 3 is 2.81 bits per heavy atom. The number of carbonyl (C=O) groups excluding carboxylic acids is 3. The highest BCUT2D eigenvalue weighted by atomic mass is 32.2. The molecule has 0 radical (unpaired) electrons. The van der Waals surface area contributed by atoms with Gasteiger partial charge in [-0.25, -0.2) is 0 Å². The average molecular weight is 455 g/mol. The minimum atomic E-state index is -0.369. The topological polar surface area (TPSA) is 140 Å². The van der Waals surface area contributed by atoms with Gasteiger partial charge in [0.1, 0.15) is 5.69 Å². The number of rotatable bonds is 7. The van der Waals surface area contributed by atoms with Crippen LogP contribution >= 0.6 is 12.0 Å². The molecular formula is C21H22N6O4S. The lowest BCUT2D eigenvalue weighted by Crippen LogP contribution is -2.48. The first kappa shape index (κ1) is 21.9. The zero-order chi connectivity index (χ0) is 22.8. The molecule has 32 heavy (non-hydrogen) atoms. The van der Waals surface area contributed by atoms with Gasteiger partial charge in [-0.2, -0.15) is 10.4 Å². The van der Waals surface area contributed by atoms with Crippen LogP contribution in [0.3, 0.4) is 0 Å². The largest absolute Gasteiger partial charge is 0.338 e. The van der Waals surface area contributed by atoms with Crippen LogP contribution in [-0.4, -0.2) is 55.9 Å². The van der Waals surface area contributed by atoms with Gasteiger partial charge in [0, 0.05) is 18.0 Å². The molecule has 1 unspecified atom stereocenters. The number of fused-ring (bicyclic) bond motifs is 1. The van der Waals surface area contributed by atoms with Crippen LogP contribution in [0.25, 0.3) is 11.3 Å². The monoisotopic (exact) mass is 454 g/mol. The van der Waals surface area contributed by atoms with E-state index in [1.807, 2.05) is 6.92 Å². The summed E-state index contributed by atoms with van der Waals surface area (Å²) in [6.45, 7) is 2.31. The predicted octanol–water partition coefficient (Wildman–Crippen LogP) is 2.07. The van der Waals surface area contributed by atoms with Gasteiger partial charge in [0.15, 0.2) is 0 Å². The average Bonchev–Trinajstić information content (AvgIpc) is 3.54. The quantitative estimate of drug-likeness (QED) is 0.544. The predicted molar refractivity (Wildman–Crippen MR) is 118 cm³/mol. The molecular weight excluding hydrogens is 432 g/mol. The van der Waals surface area contributed by atoms with E-state index in [2.05, 4.69) is 21.8 Å². The number of benzene rings is 1. The van der Waals surface area contributed by atoms with Crippen molar-refractivity contribution in [2.24, 2.45) is 5.92 Å². The lowest BCUT2D eigenvalue weighted by Gasteiger charge is -2.31. The highest BCUT2D eigenvalue weighted by Crippen LogP contribution is 2.34. The maximum Gasteiger partial charge on any atom is 0.273 e. The molecule has 1 fully saturated rings. The van der Waals surface area contributed by atoms with Gasteiger partial charge in [-0.3, -0.25) is 19.1 Å². The third-order valence-electron chi connectivity index (χ3n) is 5.44. The standard InChI is InChI=1S/C21H22N6O4S/c1-12-9-26(11-23-19(28)10-32-31)21(30)18-7-17(25-27(12)18)15-5-2-13(8-22)6-16(15)24-20(29)14-3-4-14/h2,5-7,12,14,31H,3-4,9-11H2,1H3,(H,23,28)(H,24,29). The van der Waals surface area contributed by atoms with Crippen molar-refractivity contribution in [3.63, 3.8) is 0 Å². The molecule has 2 aromatic rings. The third-order valence-corrected chi connectivity index (χ3v) is 5.83. The Bertz CT molecular complexity index is 1120. The van der Waals surface area contributed by atoms with E-state index in [-0.39, 0.29) is 42.1 Å². The van der Waals surface area contributed by atoms with Crippen molar-refractivity contribution in [1.82, 2.24) is 20.0 Å². The van der Waals surface area contributed by atoms with E-state index >= 15 is 0 Å². The molecule has 1 aliphatic carbocycles. The number of nitriles is 1. The molecule has 11 heteroatoms. The van der Waals surface area contributed by atoms with Crippen molar-refractivity contribution < 1.29 is 18.9 Å². The van der Waals surface area contributed by atoms with E-state index in [0.29, 0.717) is 46.8 Å². The molecule has 3 amide bonds. The van der Waals surface area contributed by atoms with Crippen LogP contribution in [-0.2, 0) is 9.59 Å². The lowest BCUT2D eigenvalue weighted by molar-refractivity contribution is -0.119. The molecule has 1 aliphatic heterocycles. The molecule has 3 N–H and O–H groups in total. The molecule has 0 bridgehead atoms. The van der Waals surface area contributed by atoms with E-state index in [4.69, 9.17) is 4.55 Å². The van der Waals surface area contributed by atoms with E-state index in [9.17, 15) is 19.6 Å². The molecule has 1 aromatic carbocycles. The SMILES string of the molecule is CC1CN(CNC(=O)CSO)C(=O)c2cc(-c3ccc(C#N)cc3NC(=O)C3CC3)nn21. The van der Waals surface area contributed by atoms with Gasteiger partial charge in [-0.15, -0.1) is 0 Å². The summed E-state index contributed by atoms with van der Waals surface area (Å²) in [5.41, 5.74) is 2.41. The lowest BCUT2D eigenvalue weighted by atomic mass is 10.1. The number of hydrogen-bond acceptors (Lipinski definition) is 7. The summed E-state index contributed by atoms with van der Waals surface area (Å²) in [6.07, 6.45) is 1.71. The number of aromatic nitrogens is 2. The van der Waals surface area contributed by atoms with Gasteiger partial charge in [-0.05, 0) is 56.1 Å². The fourth-order valence-electron chi connectivity index (χ4n) is 3.61. The Kier molecular flexibility index (Phi) is 6.16. The summed E-state index contributed by atoms with van der Waals surface area (Å²) in [5, 5.41) is 19.4. The van der Waals surface area contributed by atoms with E-state index in [1.54, 1.807) is 28.9 Å². The number of nitrogens with one attached hydrogen (secondary N) is 2. The van der Waals surface area contributed by atoms with Crippen LogP contribution < -0.4 is 10.6 Å². The van der Waals surface area contributed by atoms with Crippen molar-refractivity contribution in [2.45, 2.75) is 25.8 Å². The molecule has 166 valence electrons. The fraction of sp³-hybridized carbons (Fsp3) is 0.381. The number of carbonyl (C=O) groups is 3. The van der Waals surface area contributed by atoms with Crippen molar-refractivity contribution in [1.29, 1.82) is 5.26 Å². The van der Waals surface area contributed by atoms with Crippen LogP contribution in [0.5, 0.6) is 0 Å².